The number of sulfone groups is 1. The molecule has 1 fully saturated rings. The van der Waals surface area contributed by atoms with Gasteiger partial charge in [0.2, 0.25) is 5.91 Å². The molecular formula is C21H27ClN4O3S. The van der Waals surface area contributed by atoms with E-state index >= 15 is 0 Å². The van der Waals surface area contributed by atoms with Crippen LogP contribution in [0.25, 0.3) is 0 Å². The van der Waals surface area contributed by atoms with Gasteiger partial charge in [0.25, 0.3) is 0 Å². The number of halogens is 1. The van der Waals surface area contributed by atoms with Crippen LogP contribution >= 0.6 is 11.6 Å². The van der Waals surface area contributed by atoms with E-state index in [1.165, 1.54) is 12.3 Å². The summed E-state index contributed by atoms with van der Waals surface area (Å²) in [6, 6.07) is 5.02. The van der Waals surface area contributed by atoms with E-state index in [1.54, 1.807) is 18.3 Å². The minimum Gasteiger partial charge on any atom is -0.361 e. The molecule has 1 aliphatic carbocycles. The number of carbonyl (C=O) groups is 1. The van der Waals surface area contributed by atoms with Gasteiger partial charge in [0.05, 0.1) is 22.3 Å². The normalized spacial score (nSPS) is 15.7. The van der Waals surface area contributed by atoms with Crippen molar-refractivity contribution in [2.24, 2.45) is 5.92 Å². The number of anilines is 2. The van der Waals surface area contributed by atoms with Crippen LogP contribution in [-0.4, -0.2) is 44.6 Å². The molecule has 1 N–H and O–H groups in total. The Balaban J connectivity index is 1.79. The first kappa shape index (κ1) is 22.5. The maximum Gasteiger partial charge on any atom is 0.226 e. The molecule has 0 spiro atoms. The minimum absolute atomic E-state index is 0.0346. The van der Waals surface area contributed by atoms with Gasteiger partial charge in [-0.05, 0) is 42.4 Å². The Morgan fingerprint density at radius 2 is 1.93 bits per heavy atom. The summed E-state index contributed by atoms with van der Waals surface area (Å²) in [6.45, 7) is 0. The molecule has 2 aromatic rings. The van der Waals surface area contributed by atoms with Crippen LogP contribution in [0.1, 0.15) is 43.6 Å². The van der Waals surface area contributed by atoms with Crippen LogP contribution in [0, 0.1) is 5.92 Å². The third kappa shape index (κ3) is 5.49. The average Bonchev–Trinajstić information content (AvgIpc) is 3.20. The molecule has 9 heteroatoms. The summed E-state index contributed by atoms with van der Waals surface area (Å²) >= 11 is 6.27. The van der Waals surface area contributed by atoms with Gasteiger partial charge in [0.1, 0.15) is 5.82 Å². The summed E-state index contributed by atoms with van der Waals surface area (Å²) in [5.41, 5.74) is 0.892. The highest BCUT2D eigenvalue weighted by Gasteiger charge is 2.29. The molecule has 1 heterocycles. The zero-order valence-corrected chi connectivity index (χ0v) is 19.0. The summed E-state index contributed by atoms with van der Waals surface area (Å²) in [5, 5.41) is 3.02. The molecule has 1 saturated carbocycles. The third-order valence-electron chi connectivity index (χ3n) is 5.52. The molecule has 1 atom stereocenters. The number of aromatic nitrogens is 2. The largest absolute Gasteiger partial charge is 0.361 e. The summed E-state index contributed by atoms with van der Waals surface area (Å²) in [7, 11) is 0.341. The van der Waals surface area contributed by atoms with E-state index in [-0.39, 0.29) is 28.2 Å². The van der Waals surface area contributed by atoms with Gasteiger partial charge in [0.15, 0.2) is 15.7 Å². The van der Waals surface area contributed by atoms with Gasteiger partial charge in [-0.15, -0.1) is 0 Å². The predicted octanol–water partition coefficient (Wildman–Crippen LogP) is 3.90. The number of hydrogen-bond donors (Lipinski definition) is 1. The van der Waals surface area contributed by atoms with Gasteiger partial charge in [0, 0.05) is 26.8 Å². The molecule has 1 aromatic heterocycles. The molecule has 1 aliphatic rings. The fourth-order valence-electron chi connectivity index (χ4n) is 3.98. The summed E-state index contributed by atoms with van der Waals surface area (Å²) in [6.07, 6.45) is 8.91. The molecule has 30 heavy (non-hydrogen) atoms. The number of nitrogens with zero attached hydrogens (tertiary/aromatic N) is 3. The number of benzene rings is 1. The van der Waals surface area contributed by atoms with E-state index in [1.807, 2.05) is 19.0 Å². The Morgan fingerprint density at radius 3 is 2.47 bits per heavy atom. The van der Waals surface area contributed by atoms with Crippen LogP contribution < -0.4 is 10.2 Å². The Hall–Kier alpha value is -2.19. The topological polar surface area (TPSA) is 92.3 Å². The highest BCUT2D eigenvalue weighted by Crippen LogP contribution is 2.40. The van der Waals surface area contributed by atoms with Crippen LogP contribution in [-0.2, 0) is 14.6 Å². The SMILES string of the molecule is CN(C)c1cnc(NC(=O)C[C@@H](c2ccc(S(C)(=O)=O)c(Cl)c2)C2CCCC2)cn1. The zero-order chi connectivity index (χ0) is 21.9. The van der Waals surface area contributed by atoms with Crippen LogP contribution in [0.5, 0.6) is 0 Å². The molecule has 0 aliphatic heterocycles. The van der Waals surface area contributed by atoms with Crippen molar-refractivity contribution in [2.75, 3.05) is 30.6 Å². The molecule has 7 nitrogen and oxygen atoms in total. The van der Waals surface area contributed by atoms with Gasteiger partial charge < -0.3 is 10.2 Å². The summed E-state index contributed by atoms with van der Waals surface area (Å²) in [4.78, 5) is 23.2. The van der Waals surface area contributed by atoms with Crippen molar-refractivity contribution in [3.63, 3.8) is 0 Å². The van der Waals surface area contributed by atoms with E-state index in [0.29, 0.717) is 17.6 Å². The molecule has 0 radical (unpaired) electrons. The highest BCUT2D eigenvalue weighted by molar-refractivity contribution is 7.90. The first-order valence-corrected chi connectivity index (χ1v) is 12.2. The molecule has 0 unspecified atom stereocenters. The van der Waals surface area contributed by atoms with E-state index in [0.717, 1.165) is 37.5 Å². The number of hydrogen-bond acceptors (Lipinski definition) is 6. The molecular weight excluding hydrogens is 424 g/mol. The predicted molar refractivity (Wildman–Crippen MR) is 119 cm³/mol. The third-order valence-corrected chi connectivity index (χ3v) is 7.10. The number of rotatable bonds is 7. The maximum atomic E-state index is 12.8. The van der Waals surface area contributed by atoms with Gasteiger partial charge >= 0.3 is 0 Å². The van der Waals surface area contributed by atoms with Crippen LogP contribution in [0.15, 0.2) is 35.5 Å². The van der Waals surface area contributed by atoms with Crippen LogP contribution in [0.3, 0.4) is 0 Å². The van der Waals surface area contributed by atoms with Gasteiger partial charge in [-0.25, -0.2) is 18.4 Å². The Morgan fingerprint density at radius 1 is 1.23 bits per heavy atom. The summed E-state index contributed by atoms with van der Waals surface area (Å²) < 4.78 is 23.7. The van der Waals surface area contributed by atoms with E-state index in [2.05, 4.69) is 15.3 Å². The molecule has 1 amide bonds. The Labute approximate surface area is 182 Å². The monoisotopic (exact) mass is 450 g/mol. The molecule has 162 valence electrons. The lowest BCUT2D eigenvalue weighted by Crippen LogP contribution is -2.21. The second kappa shape index (κ2) is 9.31. The molecule has 3 rings (SSSR count). The van der Waals surface area contributed by atoms with Crippen molar-refractivity contribution in [1.29, 1.82) is 0 Å². The second-order valence-corrected chi connectivity index (χ2v) is 10.4. The van der Waals surface area contributed by atoms with Crippen molar-refractivity contribution in [1.82, 2.24) is 9.97 Å². The lowest BCUT2D eigenvalue weighted by Gasteiger charge is -2.24. The van der Waals surface area contributed by atoms with Crippen molar-refractivity contribution in [2.45, 2.75) is 42.9 Å². The van der Waals surface area contributed by atoms with Crippen molar-refractivity contribution in [3.8, 4) is 0 Å². The van der Waals surface area contributed by atoms with Crippen molar-refractivity contribution >= 4 is 39.0 Å². The number of carbonyl (C=O) groups excluding carboxylic acids is 1. The number of amides is 1. The molecule has 1 aromatic carbocycles. The maximum absolute atomic E-state index is 12.8. The molecule has 0 bridgehead atoms. The summed E-state index contributed by atoms with van der Waals surface area (Å²) in [5.74, 6) is 1.28. The fraction of sp³-hybridized carbons (Fsp3) is 0.476. The minimum atomic E-state index is -3.40. The quantitative estimate of drug-likeness (QED) is 0.687. The number of nitrogens with one attached hydrogen (secondary N) is 1. The smallest absolute Gasteiger partial charge is 0.226 e. The van der Waals surface area contributed by atoms with Crippen molar-refractivity contribution < 1.29 is 13.2 Å². The lowest BCUT2D eigenvalue weighted by molar-refractivity contribution is -0.116. The van der Waals surface area contributed by atoms with E-state index in [9.17, 15) is 13.2 Å². The first-order valence-electron chi connectivity index (χ1n) is 9.94. The Kier molecular flexibility index (Phi) is 6.98. The van der Waals surface area contributed by atoms with E-state index in [4.69, 9.17) is 11.6 Å². The van der Waals surface area contributed by atoms with Crippen LogP contribution in [0.4, 0.5) is 11.6 Å². The van der Waals surface area contributed by atoms with E-state index < -0.39 is 9.84 Å². The zero-order valence-electron chi connectivity index (χ0n) is 17.4. The van der Waals surface area contributed by atoms with Gasteiger partial charge in [-0.3, -0.25) is 4.79 Å². The van der Waals surface area contributed by atoms with Gasteiger partial charge in [-0.1, -0.05) is 30.5 Å². The first-order chi connectivity index (χ1) is 14.1. The van der Waals surface area contributed by atoms with Crippen molar-refractivity contribution in [3.05, 3.63) is 41.2 Å². The Bertz CT molecular complexity index is 1000. The standard InChI is InChI=1S/C21H27ClN4O3S/c1-26(2)20-13-23-19(12-24-20)25-21(27)11-16(14-6-4-5-7-14)15-8-9-18(17(22)10-15)30(3,28)29/h8-10,12-14,16H,4-7,11H2,1-3H3,(H,23,25,27)/t16-/m1/s1. The fourth-order valence-corrected chi connectivity index (χ4v) is 5.31. The average molecular weight is 451 g/mol. The highest BCUT2D eigenvalue weighted by atomic mass is 35.5. The van der Waals surface area contributed by atoms with Crippen LogP contribution in [0.2, 0.25) is 5.02 Å². The van der Waals surface area contributed by atoms with Gasteiger partial charge in [-0.2, -0.15) is 0 Å². The lowest BCUT2D eigenvalue weighted by atomic mass is 9.82. The molecule has 0 saturated heterocycles. The second-order valence-electron chi connectivity index (χ2n) is 8.02.